The number of halogens is 1. The van der Waals surface area contributed by atoms with Crippen molar-refractivity contribution >= 4 is 21.9 Å². The molecule has 0 aliphatic heterocycles. The van der Waals surface area contributed by atoms with Crippen molar-refractivity contribution < 1.29 is 9.53 Å². The molecule has 0 atom stereocenters. The molecule has 0 fully saturated rings. The molecule has 0 saturated heterocycles. The van der Waals surface area contributed by atoms with E-state index in [2.05, 4.69) is 26.0 Å². The summed E-state index contributed by atoms with van der Waals surface area (Å²) >= 11 is 3.44. The summed E-state index contributed by atoms with van der Waals surface area (Å²) in [5, 5.41) is 4.42. The van der Waals surface area contributed by atoms with E-state index in [1.165, 1.54) is 0 Å². The molecule has 0 N–H and O–H groups in total. The lowest BCUT2D eigenvalue weighted by molar-refractivity contribution is 0.0520. The highest BCUT2D eigenvalue weighted by atomic mass is 79.9. The third-order valence-electron chi connectivity index (χ3n) is 3.25. The number of rotatable bonds is 4. The van der Waals surface area contributed by atoms with Gasteiger partial charge in [-0.05, 0) is 42.8 Å². The van der Waals surface area contributed by atoms with Gasteiger partial charge < -0.3 is 4.74 Å². The van der Waals surface area contributed by atoms with E-state index in [0.717, 1.165) is 15.7 Å². The first kappa shape index (κ1) is 15.4. The van der Waals surface area contributed by atoms with Gasteiger partial charge in [0.05, 0.1) is 12.3 Å². The number of aromatic nitrogens is 3. The second-order valence-corrected chi connectivity index (χ2v) is 5.69. The SMILES string of the molecule is CCOC(=O)c1nn(-c2cccc(Br)c2)cc1-c1ccncc1. The highest BCUT2D eigenvalue weighted by molar-refractivity contribution is 9.10. The zero-order valence-electron chi connectivity index (χ0n) is 12.4. The molecule has 3 aromatic rings. The Morgan fingerprint density at radius 2 is 2.04 bits per heavy atom. The van der Waals surface area contributed by atoms with Crippen LogP contribution in [0.15, 0.2) is 59.5 Å². The first-order chi connectivity index (χ1) is 11.2. The van der Waals surface area contributed by atoms with E-state index in [4.69, 9.17) is 4.74 Å². The van der Waals surface area contributed by atoms with E-state index in [-0.39, 0.29) is 5.69 Å². The highest BCUT2D eigenvalue weighted by Crippen LogP contribution is 2.25. The van der Waals surface area contributed by atoms with Gasteiger partial charge in [-0.15, -0.1) is 0 Å². The fraction of sp³-hybridized carbons (Fsp3) is 0.118. The molecule has 6 heteroatoms. The maximum Gasteiger partial charge on any atom is 0.359 e. The van der Waals surface area contributed by atoms with Crippen LogP contribution in [0.1, 0.15) is 17.4 Å². The molecular weight excluding hydrogens is 358 g/mol. The van der Waals surface area contributed by atoms with Crippen molar-refractivity contribution in [3.8, 4) is 16.8 Å². The molecule has 0 aliphatic rings. The summed E-state index contributed by atoms with van der Waals surface area (Å²) in [5.41, 5.74) is 2.72. The number of ether oxygens (including phenoxy) is 1. The van der Waals surface area contributed by atoms with Gasteiger partial charge in [-0.3, -0.25) is 4.98 Å². The second-order valence-electron chi connectivity index (χ2n) is 4.77. The summed E-state index contributed by atoms with van der Waals surface area (Å²) in [6, 6.07) is 11.4. The van der Waals surface area contributed by atoms with Gasteiger partial charge >= 0.3 is 5.97 Å². The molecule has 23 heavy (non-hydrogen) atoms. The average molecular weight is 372 g/mol. The van der Waals surface area contributed by atoms with Crippen LogP contribution in [-0.4, -0.2) is 27.3 Å². The summed E-state index contributed by atoms with van der Waals surface area (Å²) in [6.07, 6.45) is 5.19. The fourth-order valence-electron chi connectivity index (χ4n) is 2.22. The Morgan fingerprint density at radius 1 is 1.26 bits per heavy atom. The van der Waals surface area contributed by atoms with E-state index in [1.54, 1.807) is 24.0 Å². The predicted molar refractivity (Wildman–Crippen MR) is 90.5 cm³/mol. The van der Waals surface area contributed by atoms with Crippen molar-refractivity contribution in [2.24, 2.45) is 0 Å². The molecule has 0 aliphatic carbocycles. The molecule has 0 bridgehead atoms. The zero-order valence-corrected chi connectivity index (χ0v) is 14.0. The Labute approximate surface area is 142 Å². The van der Waals surface area contributed by atoms with Crippen molar-refractivity contribution in [3.05, 3.63) is 65.2 Å². The molecule has 2 aromatic heterocycles. The van der Waals surface area contributed by atoms with Gasteiger partial charge in [0.25, 0.3) is 0 Å². The van der Waals surface area contributed by atoms with Gasteiger partial charge in [-0.1, -0.05) is 22.0 Å². The maximum absolute atomic E-state index is 12.2. The number of pyridine rings is 1. The van der Waals surface area contributed by atoms with Crippen LogP contribution in [-0.2, 0) is 4.74 Å². The second kappa shape index (κ2) is 6.75. The smallest absolute Gasteiger partial charge is 0.359 e. The van der Waals surface area contributed by atoms with E-state index in [0.29, 0.717) is 12.2 Å². The van der Waals surface area contributed by atoms with E-state index in [9.17, 15) is 4.79 Å². The third kappa shape index (κ3) is 3.32. The van der Waals surface area contributed by atoms with Crippen LogP contribution >= 0.6 is 15.9 Å². The lowest BCUT2D eigenvalue weighted by atomic mass is 10.1. The minimum Gasteiger partial charge on any atom is -0.461 e. The first-order valence-corrected chi connectivity index (χ1v) is 7.91. The van der Waals surface area contributed by atoms with E-state index in [1.807, 2.05) is 42.6 Å². The molecule has 0 saturated carbocycles. The van der Waals surface area contributed by atoms with Gasteiger partial charge in [0.2, 0.25) is 0 Å². The van der Waals surface area contributed by atoms with Crippen LogP contribution < -0.4 is 0 Å². The minimum absolute atomic E-state index is 0.290. The molecule has 0 spiro atoms. The van der Waals surface area contributed by atoms with Gasteiger partial charge in [-0.2, -0.15) is 5.10 Å². The van der Waals surface area contributed by atoms with E-state index >= 15 is 0 Å². The Balaban J connectivity index is 2.12. The molecule has 0 radical (unpaired) electrons. The van der Waals surface area contributed by atoms with Crippen molar-refractivity contribution in [2.45, 2.75) is 6.92 Å². The fourth-order valence-corrected chi connectivity index (χ4v) is 2.60. The molecule has 0 amide bonds. The average Bonchev–Trinajstić information content (AvgIpc) is 3.01. The van der Waals surface area contributed by atoms with Crippen LogP contribution in [0.3, 0.4) is 0 Å². The number of hydrogen-bond donors (Lipinski definition) is 0. The summed E-state index contributed by atoms with van der Waals surface area (Å²) in [5.74, 6) is -0.437. The first-order valence-electron chi connectivity index (χ1n) is 7.12. The van der Waals surface area contributed by atoms with Crippen molar-refractivity contribution in [1.29, 1.82) is 0 Å². The molecule has 2 heterocycles. The van der Waals surface area contributed by atoms with Crippen LogP contribution in [0.4, 0.5) is 0 Å². The van der Waals surface area contributed by atoms with Crippen molar-refractivity contribution in [3.63, 3.8) is 0 Å². The topological polar surface area (TPSA) is 57.0 Å². The van der Waals surface area contributed by atoms with Crippen LogP contribution in [0.25, 0.3) is 16.8 Å². The summed E-state index contributed by atoms with van der Waals surface area (Å²) < 4.78 is 7.74. The lowest BCUT2D eigenvalue weighted by Gasteiger charge is -2.01. The number of esters is 1. The van der Waals surface area contributed by atoms with Gasteiger partial charge in [-0.25, -0.2) is 9.48 Å². The Bertz CT molecular complexity index is 831. The summed E-state index contributed by atoms with van der Waals surface area (Å²) in [6.45, 7) is 2.08. The maximum atomic E-state index is 12.2. The minimum atomic E-state index is -0.437. The van der Waals surface area contributed by atoms with Crippen molar-refractivity contribution in [1.82, 2.24) is 14.8 Å². The normalized spacial score (nSPS) is 10.5. The van der Waals surface area contributed by atoms with Crippen LogP contribution in [0, 0.1) is 0 Å². The summed E-state index contributed by atoms with van der Waals surface area (Å²) in [4.78, 5) is 16.2. The van der Waals surface area contributed by atoms with Crippen molar-refractivity contribution in [2.75, 3.05) is 6.61 Å². The number of carbonyl (C=O) groups is 1. The lowest BCUT2D eigenvalue weighted by Crippen LogP contribution is -2.07. The molecule has 1 aromatic carbocycles. The van der Waals surface area contributed by atoms with Gasteiger partial charge in [0.1, 0.15) is 0 Å². The Kier molecular flexibility index (Phi) is 4.52. The Hall–Kier alpha value is -2.47. The predicted octanol–water partition coefficient (Wildman–Crippen LogP) is 3.87. The van der Waals surface area contributed by atoms with Crippen LogP contribution in [0.2, 0.25) is 0 Å². The van der Waals surface area contributed by atoms with Gasteiger partial charge in [0.15, 0.2) is 5.69 Å². The monoisotopic (exact) mass is 371 g/mol. The molecule has 3 rings (SSSR count). The van der Waals surface area contributed by atoms with E-state index < -0.39 is 5.97 Å². The highest BCUT2D eigenvalue weighted by Gasteiger charge is 2.19. The molecule has 0 unspecified atom stereocenters. The standard InChI is InChI=1S/C17H14BrN3O2/c1-2-23-17(22)16-15(12-6-8-19-9-7-12)11-21(20-16)14-5-3-4-13(18)10-14/h3-11H,2H2,1H3. The zero-order chi connectivity index (χ0) is 16.2. The number of nitrogens with zero attached hydrogens (tertiary/aromatic N) is 3. The number of hydrogen-bond acceptors (Lipinski definition) is 4. The van der Waals surface area contributed by atoms with Gasteiger partial charge in [0, 0.05) is 28.6 Å². The Morgan fingerprint density at radius 3 is 2.74 bits per heavy atom. The number of carbonyl (C=O) groups excluding carboxylic acids is 1. The van der Waals surface area contributed by atoms with Crippen LogP contribution in [0.5, 0.6) is 0 Å². The molecule has 116 valence electrons. The summed E-state index contributed by atoms with van der Waals surface area (Å²) in [7, 11) is 0. The third-order valence-corrected chi connectivity index (χ3v) is 3.74. The quantitative estimate of drug-likeness (QED) is 0.653. The number of benzene rings is 1. The largest absolute Gasteiger partial charge is 0.461 e. The molecular formula is C17H14BrN3O2. The molecule has 5 nitrogen and oxygen atoms in total.